The van der Waals surface area contributed by atoms with Gasteiger partial charge in [-0.2, -0.15) is 10.5 Å². The van der Waals surface area contributed by atoms with Gasteiger partial charge in [0.05, 0.1) is 0 Å². The minimum Gasteiger partial charge on any atom is -0.348 e. The molecular weight excluding hydrogens is 328 g/mol. The molecule has 1 aromatic carbocycles. The summed E-state index contributed by atoms with van der Waals surface area (Å²) in [5, 5.41) is 23.3. The van der Waals surface area contributed by atoms with E-state index in [9.17, 15) is 9.59 Å². The summed E-state index contributed by atoms with van der Waals surface area (Å²) in [4.78, 5) is 23.7. The lowest BCUT2D eigenvalue weighted by molar-refractivity contribution is -0.117. The van der Waals surface area contributed by atoms with Gasteiger partial charge < -0.3 is 10.6 Å². The molecule has 0 aromatic heterocycles. The minimum atomic E-state index is -0.505. The van der Waals surface area contributed by atoms with Gasteiger partial charge in [-0.15, -0.1) is 13.2 Å². The molecule has 2 amide bonds. The van der Waals surface area contributed by atoms with Crippen LogP contribution in [0.1, 0.15) is 11.1 Å². The first-order chi connectivity index (χ1) is 12.5. The predicted molar refractivity (Wildman–Crippen MR) is 100 cm³/mol. The molecule has 0 atom stereocenters. The van der Waals surface area contributed by atoms with Crippen LogP contribution < -0.4 is 10.6 Å². The lowest BCUT2D eigenvalue weighted by atomic mass is 10.1. The molecule has 0 radical (unpaired) electrons. The van der Waals surface area contributed by atoms with Crippen molar-refractivity contribution in [3.63, 3.8) is 0 Å². The van der Waals surface area contributed by atoms with E-state index in [-0.39, 0.29) is 24.2 Å². The highest BCUT2D eigenvalue weighted by molar-refractivity contribution is 6.02. The van der Waals surface area contributed by atoms with Crippen LogP contribution in [-0.4, -0.2) is 24.9 Å². The van der Waals surface area contributed by atoms with Crippen molar-refractivity contribution in [2.75, 3.05) is 13.1 Å². The Balaban J connectivity index is 3.10. The second-order valence-corrected chi connectivity index (χ2v) is 5.01. The third kappa shape index (κ3) is 6.31. The van der Waals surface area contributed by atoms with Crippen LogP contribution in [0, 0.1) is 22.7 Å². The lowest BCUT2D eigenvalue weighted by Gasteiger charge is -2.03. The number of amides is 2. The Morgan fingerprint density at radius 3 is 1.69 bits per heavy atom. The monoisotopic (exact) mass is 346 g/mol. The van der Waals surface area contributed by atoms with E-state index in [0.717, 1.165) is 0 Å². The van der Waals surface area contributed by atoms with Gasteiger partial charge in [0, 0.05) is 13.1 Å². The van der Waals surface area contributed by atoms with Gasteiger partial charge in [-0.25, -0.2) is 0 Å². The predicted octanol–water partition coefficient (Wildman–Crippen LogP) is 2.10. The fraction of sp³-hybridized carbons (Fsp3) is 0.100. The Hall–Kier alpha value is -3.90. The fourth-order valence-electron chi connectivity index (χ4n) is 1.89. The third-order valence-electron chi connectivity index (χ3n) is 3.08. The van der Waals surface area contributed by atoms with Crippen molar-refractivity contribution in [1.29, 1.82) is 10.5 Å². The van der Waals surface area contributed by atoms with Gasteiger partial charge in [0.2, 0.25) is 0 Å². The van der Waals surface area contributed by atoms with Gasteiger partial charge in [-0.3, -0.25) is 9.59 Å². The van der Waals surface area contributed by atoms with Crippen molar-refractivity contribution >= 4 is 24.0 Å². The number of hydrogen-bond donors (Lipinski definition) is 2. The van der Waals surface area contributed by atoms with Gasteiger partial charge >= 0.3 is 0 Å². The zero-order valence-electron chi connectivity index (χ0n) is 14.2. The number of nitriles is 2. The van der Waals surface area contributed by atoms with Crippen molar-refractivity contribution < 1.29 is 9.59 Å². The largest absolute Gasteiger partial charge is 0.348 e. The summed E-state index contributed by atoms with van der Waals surface area (Å²) in [7, 11) is 0. The molecule has 1 rings (SSSR count). The molecule has 0 spiro atoms. The molecule has 26 heavy (non-hydrogen) atoms. The molecule has 0 heterocycles. The Bertz CT molecular complexity index is 784. The molecule has 0 bridgehead atoms. The SMILES string of the molecule is C=CCNC(=O)C(C#N)=Cc1cccc(C=C(C#N)C(=O)NCC=C)c1. The molecule has 130 valence electrons. The third-order valence-corrected chi connectivity index (χ3v) is 3.08. The van der Waals surface area contributed by atoms with Crippen LogP contribution in [0.15, 0.2) is 60.7 Å². The zero-order chi connectivity index (χ0) is 19.4. The van der Waals surface area contributed by atoms with E-state index >= 15 is 0 Å². The van der Waals surface area contributed by atoms with Crippen LogP contribution in [-0.2, 0) is 9.59 Å². The smallest absolute Gasteiger partial charge is 0.262 e. The van der Waals surface area contributed by atoms with Crippen LogP contribution in [0.4, 0.5) is 0 Å². The summed E-state index contributed by atoms with van der Waals surface area (Å²) in [6, 6.07) is 10.5. The molecule has 0 saturated heterocycles. The van der Waals surface area contributed by atoms with Gasteiger partial charge in [-0.1, -0.05) is 30.4 Å². The fourth-order valence-corrected chi connectivity index (χ4v) is 1.89. The quantitative estimate of drug-likeness (QED) is 0.427. The van der Waals surface area contributed by atoms with Crippen LogP contribution >= 0.6 is 0 Å². The number of nitrogens with zero attached hydrogens (tertiary/aromatic N) is 2. The zero-order valence-corrected chi connectivity index (χ0v) is 14.2. The maximum atomic E-state index is 11.9. The summed E-state index contributed by atoms with van der Waals surface area (Å²) >= 11 is 0. The van der Waals surface area contributed by atoms with Gasteiger partial charge in [0.25, 0.3) is 11.8 Å². The van der Waals surface area contributed by atoms with E-state index in [4.69, 9.17) is 10.5 Å². The normalized spacial score (nSPS) is 10.8. The van der Waals surface area contributed by atoms with Crippen molar-refractivity contribution in [2.24, 2.45) is 0 Å². The van der Waals surface area contributed by atoms with Crippen molar-refractivity contribution in [1.82, 2.24) is 10.6 Å². The van der Waals surface area contributed by atoms with Gasteiger partial charge in [0.1, 0.15) is 23.3 Å². The molecule has 6 heteroatoms. The summed E-state index contributed by atoms with van der Waals surface area (Å²) in [6.07, 6.45) is 5.89. The summed E-state index contributed by atoms with van der Waals surface area (Å²) in [5.41, 5.74) is 1.06. The highest BCUT2D eigenvalue weighted by atomic mass is 16.2. The highest BCUT2D eigenvalue weighted by Gasteiger charge is 2.09. The molecular formula is C20H18N4O2. The molecule has 0 aliphatic carbocycles. The van der Waals surface area contributed by atoms with Crippen molar-refractivity contribution in [2.45, 2.75) is 0 Å². The number of carbonyl (C=O) groups is 2. The second kappa shape index (κ2) is 10.8. The van der Waals surface area contributed by atoms with Crippen LogP contribution in [0.3, 0.4) is 0 Å². The molecule has 0 aliphatic rings. The van der Waals surface area contributed by atoms with E-state index in [0.29, 0.717) is 11.1 Å². The molecule has 0 unspecified atom stereocenters. The van der Waals surface area contributed by atoms with Crippen molar-refractivity contribution in [3.05, 3.63) is 71.8 Å². The van der Waals surface area contributed by atoms with Gasteiger partial charge in [-0.05, 0) is 29.3 Å². The minimum absolute atomic E-state index is 0.0581. The van der Waals surface area contributed by atoms with Crippen LogP contribution in [0.25, 0.3) is 12.2 Å². The molecule has 2 N–H and O–H groups in total. The van der Waals surface area contributed by atoms with Crippen LogP contribution in [0.2, 0.25) is 0 Å². The van der Waals surface area contributed by atoms with E-state index in [2.05, 4.69) is 23.8 Å². The summed E-state index contributed by atoms with van der Waals surface area (Å²) in [5.74, 6) is -1.01. The van der Waals surface area contributed by atoms with E-state index in [1.54, 1.807) is 24.3 Å². The number of nitrogens with one attached hydrogen (secondary N) is 2. The average Bonchev–Trinajstić information content (AvgIpc) is 2.66. The molecule has 0 saturated carbocycles. The Morgan fingerprint density at radius 2 is 1.35 bits per heavy atom. The van der Waals surface area contributed by atoms with Crippen LogP contribution in [0.5, 0.6) is 0 Å². The second-order valence-electron chi connectivity index (χ2n) is 5.01. The van der Waals surface area contributed by atoms with Crippen molar-refractivity contribution in [3.8, 4) is 12.1 Å². The molecule has 1 aromatic rings. The lowest BCUT2D eigenvalue weighted by Crippen LogP contribution is -2.24. The number of carbonyl (C=O) groups excluding carboxylic acids is 2. The Kier molecular flexibility index (Phi) is 8.36. The summed E-state index contributed by atoms with van der Waals surface area (Å²) in [6.45, 7) is 7.50. The van der Waals surface area contributed by atoms with E-state index in [1.807, 2.05) is 12.1 Å². The molecule has 0 aliphatic heterocycles. The van der Waals surface area contributed by atoms with Gasteiger partial charge in [0.15, 0.2) is 0 Å². The standard InChI is InChI=1S/C20H18N4O2/c1-3-8-23-19(25)17(13-21)11-15-6-5-7-16(10-15)12-18(14-22)20(26)24-9-4-2/h3-7,10-12H,1-2,8-9H2,(H,23,25)(H,24,26). The maximum Gasteiger partial charge on any atom is 0.262 e. The average molecular weight is 346 g/mol. The Morgan fingerprint density at radius 1 is 0.923 bits per heavy atom. The molecule has 6 nitrogen and oxygen atoms in total. The summed E-state index contributed by atoms with van der Waals surface area (Å²) < 4.78 is 0. The molecule has 0 fully saturated rings. The van der Waals surface area contributed by atoms with E-state index < -0.39 is 11.8 Å². The van der Waals surface area contributed by atoms with E-state index in [1.165, 1.54) is 24.3 Å². The first-order valence-corrected chi connectivity index (χ1v) is 7.67. The number of rotatable bonds is 8. The Labute approximate surface area is 152 Å². The maximum absolute atomic E-state index is 11.9. The first-order valence-electron chi connectivity index (χ1n) is 7.67. The number of benzene rings is 1. The topological polar surface area (TPSA) is 106 Å². The number of hydrogen-bond acceptors (Lipinski definition) is 4. The highest BCUT2D eigenvalue weighted by Crippen LogP contribution is 2.13. The first kappa shape index (κ1) is 20.1.